The molecule has 8 rings (SSSR count). The van der Waals surface area contributed by atoms with Crippen LogP contribution in [0.25, 0.3) is 66.4 Å². The van der Waals surface area contributed by atoms with Crippen molar-refractivity contribution in [3.63, 3.8) is 0 Å². The van der Waals surface area contributed by atoms with Crippen molar-refractivity contribution in [2.45, 2.75) is 6.10 Å². The number of aliphatic hydroxyl groups is 7. The molecule has 0 saturated carbocycles. The predicted octanol–water partition coefficient (Wildman–Crippen LogP) is 5.32. The number of hydrogen-bond acceptors (Lipinski definition) is 15. The van der Waals surface area contributed by atoms with E-state index < -0.39 is 125 Å². The molecule has 1 aliphatic heterocycles. The van der Waals surface area contributed by atoms with Crippen molar-refractivity contribution in [2.24, 2.45) is 0 Å². The fraction of sp³-hybridized carbons (Fsp3) is 0.0256. The van der Waals surface area contributed by atoms with Crippen LogP contribution in [0.5, 0.6) is 46.0 Å². The van der Waals surface area contributed by atoms with E-state index in [0.717, 1.165) is 16.3 Å². The van der Waals surface area contributed by atoms with Crippen molar-refractivity contribution in [3.05, 3.63) is 106 Å². The van der Waals surface area contributed by atoms with E-state index in [2.05, 4.69) is 0 Å². The number of phenolic OH excluding ortho intramolecular Hbond substituents is 7. The highest BCUT2D eigenvalue weighted by molar-refractivity contribution is 6.11. The van der Waals surface area contributed by atoms with E-state index in [1.165, 1.54) is 12.1 Å². The minimum atomic E-state index is -2.26. The van der Waals surface area contributed by atoms with Crippen molar-refractivity contribution in [1.82, 2.24) is 0 Å². The lowest BCUT2D eigenvalue weighted by molar-refractivity contribution is 0.137. The van der Waals surface area contributed by atoms with E-state index in [4.69, 9.17) is 4.74 Å². The monoisotopic (exact) mass is 734 g/mol. The van der Waals surface area contributed by atoms with Gasteiger partial charge in [-0.05, 0) is 27.5 Å². The molecular weight excluding hydrogens is 708 g/mol. The van der Waals surface area contributed by atoms with E-state index in [0.29, 0.717) is 5.56 Å². The van der Waals surface area contributed by atoms with Crippen LogP contribution in [0.4, 0.5) is 0 Å². The van der Waals surface area contributed by atoms with Gasteiger partial charge in [0.05, 0.1) is 21.6 Å². The van der Waals surface area contributed by atoms with Gasteiger partial charge < -0.3 is 76.2 Å². The molecule has 54 heavy (non-hydrogen) atoms. The van der Waals surface area contributed by atoms with Crippen molar-refractivity contribution in [1.29, 1.82) is 0 Å². The standard InChI is InChI=1S/C39H26O15/c40-25-21(28(43)29(44)23-22(25)30(45)35(50)36(51)31(23)46)20-19-18(26(41)33(48)34(49)27(19)42)17(24-32(47)37(52)39(53)54-38(20)24)14-10-8-13(9-11-14)16-7-3-5-12-4-1-2-6-15(12)16/h1-11,26,40-53H. The van der Waals surface area contributed by atoms with Crippen LogP contribution >= 0.6 is 0 Å². The normalized spacial score (nSPS) is 15.5. The molecule has 1 aliphatic carbocycles. The van der Waals surface area contributed by atoms with Crippen LogP contribution in [0.1, 0.15) is 11.7 Å². The first-order valence-electron chi connectivity index (χ1n) is 15.8. The third kappa shape index (κ3) is 4.26. The Balaban J connectivity index is 1.55. The second-order valence-electron chi connectivity index (χ2n) is 12.5. The van der Waals surface area contributed by atoms with Gasteiger partial charge >= 0.3 is 5.95 Å². The Morgan fingerprint density at radius 3 is 1.67 bits per heavy atom. The average Bonchev–Trinajstić information content (AvgIpc) is 3.17. The summed E-state index contributed by atoms with van der Waals surface area (Å²) in [7, 11) is 0. The summed E-state index contributed by atoms with van der Waals surface area (Å²) in [5.41, 5.74) is -1.08. The fourth-order valence-corrected chi connectivity index (χ4v) is 7.17. The van der Waals surface area contributed by atoms with Crippen LogP contribution in [0.3, 0.4) is 0 Å². The van der Waals surface area contributed by atoms with Gasteiger partial charge in [-0.1, -0.05) is 66.7 Å². The summed E-state index contributed by atoms with van der Waals surface area (Å²) >= 11 is 0. The molecule has 0 radical (unpaired) electrons. The van der Waals surface area contributed by atoms with E-state index in [9.17, 15) is 71.5 Å². The molecule has 1 unspecified atom stereocenters. The topological polar surface area (TPSA) is 292 Å². The van der Waals surface area contributed by atoms with Crippen molar-refractivity contribution < 1.29 is 76.2 Å². The Morgan fingerprint density at radius 2 is 1.00 bits per heavy atom. The molecule has 0 bridgehead atoms. The molecule has 6 aromatic rings. The lowest BCUT2D eigenvalue weighted by Gasteiger charge is -2.28. The van der Waals surface area contributed by atoms with Crippen molar-refractivity contribution in [2.75, 3.05) is 0 Å². The zero-order chi connectivity index (χ0) is 38.7. The van der Waals surface area contributed by atoms with Gasteiger partial charge in [-0.25, -0.2) is 0 Å². The third-order valence-corrected chi connectivity index (χ3v) is 9.68. The number of ether oxygens (including phenoxy) is 1. The minimum absolute atomic E-state index is 0.112. The maximum Gasteiger partial charge on any atom is 0.330 e. The summed E-state index contributed by atoms with van der Waals surface area (Å²) < 4.78 is 5.51. The maximum absolute atomic E-state index is 11.6. The average molecular weight is 735 g/mol. The molecule has 272 valence electrons. The SMILES string of the molecule is OC1=C(O)C(O)=c2c(c(-c3c(O)c(O)c4c(O)c(O)c(O)c(O)c4c3O)c3c(c2-c2ccc(-c4cccc5ccccc45)cc2)C(O)C(O)=C(O)C=3O)O1. The lowest BCUT2D eigenvalue weighted by Crippen LogP contribution is -2.35. The second kappa shape index (κ2) is 11.4. The Labute approximate surface area is 300 Å². The number of aliphatic hydroxyl groups excluding tert-OH is 7. The Morgan fingerprint density at radius 1 is 0.444 bits per heavy atom. The fourth-order valence-electron chi connectivity index (χ4n) is 7.17. The highest BCUT2D eigenvalue weighted by atomic mass is 16.6. The number of phenols is 7. The molecular formula is C39H26O15. The maximum atomic E-state index is 11.6. The predicted molar refractivity (Wildman–Crippen MR) is 191 cm³/mol. The summed E-state index contributed by atoms with van der Waals surface area (Å²) in [6.45, 7) is 0. The van der Waals surface area contributed by atoms with Crippen LogP contribution in [-0.4, -0.2) is 71.5 Å². The first kappa shape index (κ1) is 33.4. The van der Waals surface area contributed by atoms with Gasteiger partial charge in [-0.3, -0.25) is 0 Å². The van der Waals surface area contributed by atoms with E-state index in [-0.39, 0.29) is 11.1 Å². The molecule has 0 fully saturated rings. The summed E-state index contributed by atoms with van der Waals surface area (Å²) in [6, 6.07) is 19.7. The molecule has 1 atom stereocenters. The van der Waals surface area contributed by atoms with Gasteiger partial charge in [0.1, 0.15) is 11.9 Å². The molecule has 15 heteroatoms. The zero-order valence-electron chi connectivity index (χ0n) is 27.1. The quantitative estimate of drug-likeness (QED) is 0.0809. The molecule has 14 N–H and O–H groups in total. The van der Waals surface area contributed by atoms with Gasteiger partial charge in [-0.2, -0.15) is 0 Å². The summed E-state index contributed by atoms with van der Waals surface area (Å²) in [6.07, 6.45) is -2.26. The van der Waals surface area contributed by atoms with Crippen LogP contribution in [0, 0.1) is 0 Å². The number of aromatic hydroxyl groups is 7. The van der Waals surface area contributed by atoms with E-state index >= 15 is 0 Å². The van der Waals surface area contributed by atoms with Gasteiger partial charge in [0, 0.05) is 21.9 Å². The first-order chi connectivity index (χ1) is 25.7. The summed E-state index contributed by atoms with van der Waals surface area (Å²) in [5.74, 6) is -17.6. The number of fused-ring (bicyclic) bond motifs is 4. The van der Waals surface area contributed by atoms with Gasteiger partial charge in [0.25, 0.3) is 0 Å². The number of hydrogen-bond donors (Lipinski definition) is 14. The smallest absolute Gasteiger partial charge is 0.330 e. The Hall–Kier alpha value is -7.78. The number of benzene rings is 6. The highest BCUT2D eigenvalue weighted by Gasteiger charge is 2.40. The Kier molecular flexibility index (Phi) is 7.02. The summed E-state index contributed by atoms with van der Waals surface area (Å²) in [5, 5.41) is 152. The molecule has 0 aromatic heterocycles. The third-order valence-electron chi connectivity index (χ3n) is 9.68. The molecule has 2 aliphatic rings. The molecule has 0 amide bonds. The molecule has 0 saturated heterocycles. The largest absolute Gasteiger partial charge is 0.506 e. The van der Waals surface area contributed by atoms with Gasteiger partial charge in [-0.15, -0.1) is 0 Å². The second-order valence-corrected chi connectivity index (χ2v) is 12.5. The molecule has 6 aromatic carbocycles. The lowest BCUT2D eigenvalue weighted by atomic mass is 9.81. The van der Waals surface area contributed by atoms with Crippen LogP contribution < -0.4 is 15.2 Å². The zero-order valence-corrected chi connectivity index (χ0v) is 27.1. The molecule has 15 nitrogen and oxygen atoms in total. The first-order valence-corrected chi connectivity index (χ1v) is 15.8. The van der Waals surface area contributed by atoms with E-state index in [1.807, 2.05) is 42.5 Å². The van der Waals surface area contributed by atoms with Crippen LogP contribution in [0.2, 0.25) is 0 Å². The summed E-state index contributed by atoms with van der Waals surface area (Å²) in [4.78, 5) is 0. The molecule has 1 heterocycles. The molecule has 0 spiro atoms. The highest BCUT2D eigenvalue weighted by Crippen LogP contribution is 2.60. The van der Waals surface area contributed by atoms with Gasteiger partial charge in [0.15, 0.2) is 51.8 Å². The van der Waals surface area contributed by atoms with Crippen molar-refractivity contribution >= 4 is 33.1 Å². The minimum Gasteiger partial charge on any atom is -0.506 e. The van der Waals surface area contributed by atoms with E-state index in [1.54, 1.807) is 12.1 Å². The number of rotatable bonds is 3. The Bertz CT molecular complexity index is 2880. The van der Waals surface area contributed by atoms with Gasteiger partial charge in [0.2, 0.25) is 17.3 Å². The van der Waals surface area contributed by atoms with Crippen LogP contribution in [-0.2, 0) is 0 Å². The van der Waals surface area contributed by atoms with Crippen molar-refractivity contribution in [3.8, 4) is 79.4 Å². The van der Waals surface area contributed by atoms with Crippen LogP contribution in [0.15, 0.2) is 90.0 Å².